The van der Waals surface area contributed by atoms with Gasteiger partial charge < -0.3 is 10.6 Å². The fraction of sp³-hybridized carbons (Fsp3) is 0.444. The van der Waals surface area contributed by atoms with Gasteiger partial charge in [-0.2, -0.15) is 0 Å². The summed E-state index contributed by atoms with van der Waals surface area (Å²) in [6.07, 6.45) is 2.72. The zero-order valence-electron chi connectivity index (χ0n) is 13.8. The van der Waals surface area contributed by atoms with Gasteiger partial charge in [0.05, 0.1) is 0 Å². The Morgan fingerprint density at radius 3 is 2.83 bits per heavy atom. The van der Waals surface area contributed by atoms with Gasteiger partial charge in [0.2, 0.25) is 5.91 Å². The van der Waals surface area contributed by atoms with E-state index in [0.717, 1.165) is 19.5 Å². The molecule has 1 aliphatic rings. The third-order valence-corrected chi connectivity index (χ3v) is 5.58. The predicted molar refractivity (Wildman–Crippen MR) is 95.0 cm³/mol. The van der Waals surface area contributed by atoms with Gasteiger partial charge in [-0.3, -0.25) is 4.79 Å². The first kappa shape index (κ1) is 16.1. The van der Waals surface area contributed by atoms with Crippen LogP contribution >= 0.6 is 11.3 Å². The highest BCUT2D eigenvalue weighted by atomic mass is 32.1. The second kappa shape index (κ2) is 6.81. The van der Waals surface area contributed by atoms with Crippen molar-refractivity contribution in [3.05, 3.63) is 46.0 Å². The number of nitrogens with one attached hydrogen (secondary N) is 2. The van der Waals surface area contributed by atoms with Crippen molar-refractivity contribution in [2.45, 2.75) is 27.2 Å². The van der Waals surface area contributed by atoms with E-state index in [1.165, 1.54) is 21.6 Å². The average Bonchev–Trinajstić information content (AvgIpc) is 2.88. The Labute approximate surface area is 141 Å². The molecule has 122 valence electrons. The van der Waals surface area contributed by atoms with Gasteiger partial charge in [-0.1, -0.05) is 25.1 Å². The lowest BCUT2D eigenvalue weighted by Crippen LogP contribution is -2.48. The molecule has 5 heteroatoms. The van der Waals surface area contributed by atoms with E-state index in [2.05, 4.69) is 47.7 Å². The lowest BCUT2D eigenvalue weighted by atomic mass is 9.88. The van der Waals surface area contributed by atoms with E-state index in [9.17, 15) is 4.79 Å². The highest BCUT2D eigenvalue weighted by Crippen LogP contribution is 2.24. The topological polar surface area (TPSA) is 54.0 Å². The summed E-state index contributed by atoms with van der Waals surface area (Å²) in [6.45, 7) is 8.12. The van der Waals surface area contributed by atoms with E-state index in [4.69, 9.17) is 0 Å². The van der Waals surface area contributed by atoms with Crippen LogP contribution in [0.25, 0.3) is 0 Å². The number of hydrogen-bond donors (Lipinski definition) is 2. The summed E-state index contributed by atoms with van der Waals surface area (Å²) in [6, 6.07) is 6.54. The van der Waals surface area contributed by atoms with Gasteiger partial charge in [0, 0.05) is 23.4 Å². The smallest absolute Gasteiger partial charge is 0.229 e. The van der Waals surface area contributed by atoms with Crippen molar-refractivity contribution in [2.75, 3.05) is 18.4 Å². The number of amides is 1. The number of carbonyl (C=O) groups excluding carboxylic acids is 1. The van der Waals surface area contributed by atoms with Crippen LogP contribution in [-0.2, 0) is 11.2 Å². The molecule has 0 aliphatic carbocycles. The molecule has 0 spiro atoms. The lowest BCUT2D eigenvalue weighted by molar-refractivity contribution is -0.121. The Morgan fingerprint density at radius 2 is 2.17 bits per heavy atom. The summed E-state index contributed by atoms with van der Waals surface area (Å²) in [5.74, 6) is 0.553. The third kappa shape index (κ3) is 3.79. The molecule has 0 bridgehead atoms. The van der Waals surface area contributed by atoms with Crippen LogP contribution in [-0.4, -0.2) is 24.0 Å². The van der Waals surface area contributed by atoms with Crippen molar-refractivity contribution in [3.63, 3.8) is 0 Å². The van der Waals surface area contributed by atoms with Crippen LogP contribution in [0.5, 0.6) is 0 Å². The van der Waals surface area contributed by atoms with Crippen LogP contribution in [0.2, 0.25) is 0 Å². The molecule has 1 saturated heterocycles. The van der Waals surface area contributed by atoms with Crippen molar-refractivity contribution in [1.82, 2.24) is 10.3 Å². The molecule has 1 atom stereocenters. The molecule has 3 rings (SSSR count). The minimum Gasteiger partial charge on any atom is -0.316 e. The molecule has 1 unspecified atom stereocenters. The minimum absolute atomic E-state index is 0.0309. The third-order valence-electron chi connectivity index (χ3n) is 4.67. The zero-order chi connectivity index (χ0) is 16.4. The number of rotatable bonds is 5. The summed E-state index contributed by atoms with van der Waals surface area (Å²) in [5, 5.41) is 6.87. The second-order valence-electron chi connectivity index (χ2n) is 6.42. The van der Waals surface area contributed by atoms with Crippen LogP contribution in [0.1, 0.15) is 28.5 Å². The molecule has 2 heterocycles. The Hall–Kier alpha value is -1.72. The van der Waals surface area contributed by atoms with Crippen LogP contribution in [0.4, 0.5) is 5.13 Å². The lowest BCUT2D eigenvalue weighted by Gasteiger charge is -2.31. The first-order chi connectivity index (χ1) is 11.0. The monoisotopic (exact) mass is 329 g/mol. The van der Waals surface area contributed by atoms with Crippen LogP contribution < -0.4 is 10.6 Å². The fourth-order valence-electron chi connectivity index (χ4n) is 2.66. The molecular weight excluding hydrogens is 306 g/mol. The van der Waals surface area contributed by atoms with Gasteiger partial charge in [-0.15, -0.1) is 11.3 Å². The van der Waals surface area contributed by atoms with Crippen molar-refractivity contribution >= 4 is 22.4 Å². The van der Waals surface area contributed by atoms with E-state index in [1.54, 1.807) is 11.3 Å². The molecule has 1 fully saturated rings. The highest BCUT2D eigenvalue weighted by Gasteiger charge is 2.29. The molecule has 0 saturated carbocycles. The minimum atomic E-state index is 0.0309. The van der Waals surface area contributed by atoms with Gasteiger partial charge in [0.1, 0.15) is 0 Å². The Balaban J connectivity index is 1.61. The Kier molecular flexibility index (Phi) is 4.78. The summed E-state index contributed by atoms with van der Waals surface area (Å²) in [4.78, 5) is 17.7. The first-order valence-electron chi connectivity index (χ1n) is 8.05. The quantitative estimate of drug-likeness (QED) is 0.886. The molecule has 1 aromatic heterocycles. The summed E-state index contributed by atoms with van der Waals surface area (Å²) in [7, 11) is 0. The summed E-state index contributed by atoms with van der Waals surface area (Å²) >= 11 is 1.56. The van der Waals surface area contributed by atoms with E-state index in [1.807, 2.05) is 13.1 Å². The zero-order valence-corrected chi connectivity index (χ0v) is 14.7. The second-order valence-corrected chi connectivity index (χ2v) is 7.54. The fourth-order valence-corrected chi connectivity index (χ4v) is 3.51. The van der Waals surface area contributed by atoms with Gasteiger partial charge in [-0.25, -0.2) is 4.98 Å². The van der Waals surface area contributed by atoms with Gasteiger partial charge in [-0.05, 0) is 49.5 Å². The van der Waals surface area contributed by atoms with Gasteiger partial charge >= 0.3 is 0 Å². The standard InChI is InChI=1S/C18H23N3OS/c1-11-4-5-14(6-12(11)2)7-16-10-20-18(23-16)21-17(22)13(3)15-8-19-9-15/h4-6,10,13,15,19H,7-9H2,1-3H3,(H,20,21,22). The average molecular weight is 329 g/mol. The van der Waals surface area contributed by atoms with Gasteiger partial charge in [0.25, 0.3) is 0 Å². The highest BCUT2D eigenvalue weighted by molar-refractivity contribution is 7.15. The normalized spacial score (nSPS) is 16.0. The number of benzene rings is 1. The molecule has 1 aliphatic heterocycles. The maximum absolute atomic E-state index is 12.2. The summed E-state index contributed by atoms with van der Waals surface area (Å²) < 4.78 is 0. The molecule has 1 amide bonds. The number of aryl methyl sites for hydroxylation is 2. The van der Waals surface area contributed by atoms with Crippen LogP contribution in [0, 0.1) is 25.7 Å². The molecular formula is C18H23N3OS. The van der Waals surface area contributed by atoms with Crippen molar-refractivity contribution < 1.29 is 4.79 Å². The van der Waals surface area contributed by atoms with E-state index in [-0.39, 0.29) is 11.8 Å². The van der Waals surface area contributed by atoms with Crippen LogP contribution in [0.3, 0.4) is 0 Å². The molecule has 2 aromatic rings. The maximum atomic E-state index is 12.2. The van der Waals surface area contributed by atoms with Crippen molar-refractivity contribution in [3.8, 4) is 0 Å². The molecule has 4 nitrogen and oxygen atoms in total. The van der Waals surface area contributed by atoms with E-state index < -0.39 is 0 Å². The number of anilines is 1. The predicted octanol–water partition coefficient (Wildman–Crippen LogP) is 3.14. The Bertz CT molecular complexity index is 706. The number of nitrogens with zero attached hydrogens (tertiary/aromatic N) is 1. The number of hydrogen-bond acceptors (Lipinski definition) is 4. The van der Waals surface area contributed by atoms with Crippen molar-refractivity contribution in [1.29, 1.82) is 0 Å². The largest absolute Gasteiger partial charge is 0.316 e. The SMILES string of the molecule is Cc1ccc(Cc2cnc(NC(=O)C(C)C3CNC3)s2)cc1C. The molecule has 0 radical (unpaired) electrons. The number of thiazole rings is 1. The molecule has 2 N–H and O–H groups in total. The van der Waals surface area contributed by atoms with Crippen molar-refractivity contribution in [2.24, 2.45) is 11.8 Å². The summed E-state index contributed by atoms with van der Waals surface area (Å²) in [5.41, 5.74) is 3.90. The maximum Gasteiger partial charge on any atom is 0.229 e. The first-order valence-corrected chi connectivity index (χ1v) is 8.87. The molecule has 1 aromatic carbocycles. The van der Waals surface area contributed by atoms with E-state index >= 15 is 0 Å². The van der Waals surface area contributed by atoms with E-state index in [0.29, 0.717) is 11.0 Å². The van der Waals surface area contributed by atoms with Crippen LogP contribution in [0.15, 0.2) is 24.4 Å². The number of aromatic nitrogens is 1. The van der Waals surface area contributed by atoms with Gasteiger partial charge in [0.15, 0.2) is 5.13 Å². The number of carbonyl (C=O) groups is 1. The Morgan fingerprint density at radius 1 is 1.39 bits per heavy atom. The molecule has 23 heavy (non-hydrogen) atoms.